The molecule has 2 unspecified atom stereocenters. The summed E-state index contributed by atoms with van der Waals surface area (Å²) in [6.07, 6.45) is -2.84. The molecule has 0 aromatic heterocycles. The van der Waals surface area contributed by atoms with Crippen LogP contribution in [-0.4, -0.2) is 101 Å². The number of aromatic hydroxyl groups is 1. The Morgan fingerprint density at radius 1 is 1.26 bits per heavy atom. The number of fused-ring (bicyclic) bond motifs is 2. The molecule has 1 aromatic rings. The average Bonchev–Trinajstić information content (AvgIpc) is 3.29. The molecule has 12 heteroatoms. The highest BCUT2D eigenvalue weighted by Crippen LogP contribution is 2.58. The monoisotopic (exact) mass is 529 g/mol. The van der Waals surface area contributed by atoms with E-state index in [1.54, 1.807) is 38.2 Å². The van der Waals surface area contributed by atoms with Crippen molar-refractivity contribution in [3.63, 3.8) is 0 Å². The van der Waals surface area contributed by atoms with Gasteiger partial charge in [-0.1, -0.05) is 18.7 Å². The van der Waals surface area contributed by atoms with E-state index < -0.39 is 65.7 Å². The molecule has 4 aliphatic rings. The van der Waals surface area contributed by atoms with Crippen LogP contribution in [0.2, 0.25) is 0 Å². The van der Waals surface area contributed by atoms with Gasteiger partial charge in [0.15, 0.2) is 11.4 Å². The Bertz CT molecular complexity index is 1320. The molecule has 0 radical (unpaired) electrons. The van der Waals surface area contributed by atoms with Gasteiger partial charge in [-0.05, 0) is 25.2 Å². The molecule has 6 N–H and O–H groups in total. The van der Waals surface area contributed by atoms with Crippen LogP contribution in [-0.2, 0) is 30.4 Å². The number of nitrogens with two attached hydrogens (primary N) is 1. The van der Waals surface area contributed by atoms with Crippen LogP contribution >= 0.6 is 0 Å². The lowest BCUT2D eigenvalue weighted by Gasteiger charge is -2.55. The van der Waals surface area contributed by atoms with E-state index in [4.69, 9.17) is 20.0 Å². The molecule has 1 spiro atoms. The standard InChI is InChI=1S/C26H31N3O9/c1-10-12-7-6-11(8-29(4)36-5)19(30)14(12)20(31)15-13(10)21(32)17-18(28(2)3)22(33)16(25(27)35)24-26(17,23(15)34)38-9-37-24/h6-7,13,17-18,21,24,30-33H,1,8-9H2,2-5H3,(H2,27,35)/t13-,17?,18+,21+,24?,26+/m1/s1. The molecule has 1 saturated heterocycles. The van der Waals surface area contributed by atoms with Crippen LogP contribution in [0.15, 0.2) is 35.6 Å². The van der Waals surface area contributed by atoms with Crippen LogP contribution in [0.25, 0.3) is 11.3 Å². The summed E-state index contributed by atoms with van der Waals surface area (Å²) in [5, 5.41) is 47.1. The third-order valence-electron chi connectivity index (χ3n) is 8.20. The Morgan fingerprint density at radius 3 is 2.55 bits per heavy atom. The van der Waals surface area contributed by atoms with Crippen LogP contribution < -0.4 is 5.73 Å². The maximum absolute atomic E-state index is 14.4. The van der Waals surface area contributed by atoms with E-state index in [0.717, 1.165) is 0 Å². The summed E-state index contributed by atoms with van der Waals surface area (Å²) < 4.78 is 11.5. The Kier molecular flexibility index (Phi) is 6.17. The molecule has 3 aliphatic carbocycles. The average molecular weight is 530 g/mol. The lowest BCUT2D eigenvalue weighted by Crippen LogP contribution is -2.71. The Hall–Kier alpha value is -3.26. The molecule has 2 fully saturated rings. The van der Waals surface area contributed by atoms with Gasteiger partial charge in [0.2, 0.25) is 0 Å². The Labute approximate surface area is 218 Å². The van der Waals surface area contributed by atoms with Crippen molar-refractivity contribution in [1.29, 1.82) is 0 Å². The zero-order valence-electron chi connectivity index (χ0n) is 21.5. The van der Waals surface area contributed by atoms with Crippen molar-refractivity contribution >= 4 is 23.0 Å². The smallest absolute Gasteiger partial charge is 0.250 e. The number of amides is 1. The summed E-state index contributed by atoms with van der Waals surface area (Å²) in [5.74, 6) is -5.20. The van der Waals surface area contributed by atoms with Gasteiger partial charge < -0.3 is 40.5 Å². The van der Waals surface area contributed by atoms with Crippen LogP contribution in [0.3, 0.4) is 0 Å². The quantitative estimate of drug-likeness (QED) is 0.330. The first-order valence-corrected chi connectivity index (χ1v) is 12.0. The Morgan fingerprint density at radius 2 is 1.95 bits per heavy atom. The number of phenolic OH excluding ortho intramolecular Hbond substituents is 1. The number of primary amides is 1. The minimum absolute atomic E-state index is 0.0115. The predicted molar refractivity (Wildman–Crippen MR) is 133 cm³/mol. The fourth-order valence-corrected chi connectivity index (χ4v) is 6.50. The predicted octanol–water partition coefficient (Wildman–Crippen LogP) is 0.210. The molecule has 38 heavy (non-hydrogen) atoms. The number of nitrogens with zero attached hydrogens (tertiary/aromatic N) is 2. The minimum Gasteiger partial charge on any atom is -0.510 e. The third-order valence-corrected chi connectivity index (χ3v) is 8.20. The van der Waals surface area contributed by atoms with E-state index in [1.165, 1.54) is 12.2 Å². The number of hydrogen-bond acceptors (Lipinski definition) is 11. The number of aliphatic hydroxyl groups excluding tert-OH is 3. The third kappa shape index (κ3) is 3.25. The van der Waals surface area contributed by atoms with Crippen molar-refractivity contribution < 1.29 is 44.3 Å². The second kappa shape index (κ2) is 8.90. The van der Waals surface area contributed by atoms with E-state index in [0.29, 0.717) is 16.7 Å². The maximum atomic E-state index is 14.4. The van der Waals surface area contributed by atoms with Crippen molar-refractivity contribution in [3.8, 4) is 5.75 Å². The zero-order valence-corrected chi connectivity index (χ0v) is 21.5. The maximum Gasteiger partial charge on any atom is 0.250 e. The van der Waals surface area contributed by atoms with Crippen molar-refractivity contribution in [2.75, 3.05) is 35.0 Å². The summed E-state index contributed by atoms with van der Waals surface area (Å²) in [5.41, 5.74) is 4.12. The van der Waals surface area contributed by atoms with Crippen molar-refractivity contribution in [2.45, 2.75) is 30.4 Å². The minimum atomic E-state index is -1.98. The van der Waals surface area contributed by atoms with E-state index >= 15 is 0 Å². The molecule has 204 valence electrons. The van der Waals surface area contributed by atoms with Crippen LogP contribution in [0.1, 0.15) is 16.7 Å². The zero-order chi connectivity index (χ0) is 27.8. The number of ether oxygens (including phenoxy) is 2. The topological polar surface area (TPSA) is 175 Å². The number of likely N-dealkylation sites (N-methyl/N-ethyl adjacent to an activating group) is 1. The molecular weight excluding hydrogens is 498 g/mol. The molecule has 1 amide bonds. The number of carbonyl (C=O) groups excluding carboxylic acids is 2. The number of ketones is 1. The van der Waals surface area contributed by atoms with Crippen LogP contribution in [0.5, 0.6) is 5.75 Å². The molecular formula is C26H31N3O9. The Balaban J connectivity index is 1.76. The lowest BCUT2D eigenvalue weighted by molar-refractivity contribution is -0.168. The second-order valence-corrected chi connectivity index (χ2v) is 10.2. The molecule has 6 atom stereocenters. The lowest BCUT2D eigenvalue weighted by atomic mass is 9.54. The van der Waals surface area contributed by atoms with Gasteiger partial charge in [0.25, 0.3) is 5.91 Å². The summed E-state index contributed by atoms with van der Waals surface area (Å²) in [6, 6.07) is 2.25. The molecule has 5 rings (SSSR count). The van der Waals surface area contributed by atoms with Gasteiger partial charge in [-0.25, -0.2) is 0 Å². The van der Waals surface area contributed by atoms with Crippen molar-refractivity contribution in [3.05, 3.63) is 52.3 Å². The highest BCUT2D eigenvalue weighted by Gasteiger charge is 2.72. The number of rotatable bonds is 5. The van der Waals surface area contributed by atoms with Gasteiger partial charge in [-0.15, -0.1) is 0 Å². The van der Waals surface area contributed by atoms with E-state index in [-0.39, 0.29) is 29.0 Å². The summed E-state index contributed by atoms with van der Waals surface area (Å²) >= 11 is 0. The first kappa shape index (κ1) is 26.4. The first-order chi connectivity index (χ1) is 17.9. The first-order valence-electron chi connectivity index (χ1n) is 12.0. The van der Waals surface area contributed by atoms with E-state index in [2.05, 4.69) is 6.58 Å². The summed E-state index contributed by atoms with van der Waals surface area (Å²) in [7, 11) is 6.36. The highest BCUT2D eigenvalue weighted by molar-refractivity contribution is 6.14. The van der Waals surface area contributed by atoms with Gasteiger partial charge in [0.05, 0.1) is 42.5 Å². The van der Waals surface area contributed by atoms with Gasteiger partial charge in [-0.2, -0.15) is 5.06 Å². The molecule has 1 aromatic carbocycles. The molecule has 1 aliphatic heterocycles. The van der Waals surface area contributed by atoms with Gasteiger partial charge in [0.1, 0.15) is 30.2 Å². The normalized spacial score (nSPS) is 32.4. The van der Waals surface area contributed by atoms with Crippen LogP contribution in [0.4, 0.5) is 0 Å². The van der Waals surface area contributed by atoms with Crippen molar-refractivity contribution in [1.82, 2.24) is 9.96 Å². The molecule has 1 heterocycles. The molecule has 0 bridgehead atoms. The number of phenols is 1. The largest absolute Gasteiger partial charge is 0.510 e. The summed E-state index contributed by atoms with van der Waals surface area (Å²) in [4.78, 5) is 33.5. The highest BCUT2D eigenvalue weighted by atomic mass is 16.7. The van der Waals surface area contributed by atoms with E-state index in [1.807, 2.05) is 0 Å². The number of benzene rings is 1. The van der Waals surface area contributed by atoms with Gasteiger partial charge in [-0.3, -0.25) is 14.5 Å². The number of hydroxylamine groups is 2. The number of carbonyl (C=O) groups is 2. The molecule has 1 saturated carbocycles. The number of hydrogen-bond donors (Lipinski definition) is 5. The van der Waals surface area contributed by atoms with Crippen LogP contribution in [0, 0.1) is 11.8 Å². The second-order valence-electron chi connectivity index (χ2n) is 10.2. The van der Waals surface area contributed by atoms with Gasteiger partial charge >= 0.3 is 0 Å². The SMILES string of the molecule is C=C1c2ccc(CN(C)OC)c(O)c2C(O)=C2C(=O)[C@]34OCOC3C(C(N)=O)=C(O)[C@@H](N(C)C)C4[C@@H](O)[C@H]12. The fraction of sp³-hybridized carbons (Fsp3) is 0.462. The summed E-state index contributed by atoms with van der Waals surface area (Å²) in [6.45, 7) is 3.88. The number of aliphatic hydroxyl groups is 3. The van der Waals surface area contributed by atoms with Crippen molar-refractivity contribution in [2.24, 2.45) is 17.6 Å². The number of Topliss-reactive ketones (excluding diaryl/α,β-unsaturated/α-hetero) is 1. The molecule has 12 nitrogen and oxygen atoms in total. The van der Waals surface area contributed by atoms with E-state index in [9.17, 15) is 30.0 Å². The fourth-order valence-electron chi connectivity index (χ4n) is 6.50. The van der Waals surface area contributed by atoms with Gasteiger partial charge in [0, 0.05) is 24.4 Å².